The minimum atomic E-state index is -0.466. The Labute approximate surface area is 160 Å². The molecular formula is C20H20N6O2. The van der Waals surface area contributed by atoms with Gasteiger partial charge in [0, 0.05) is 17.8 Å². The number of fused-ring (bicyclic) bond motifs is 3. The maximum atomic E-state index is 12.7. The summed E-state index contributed by atoms with van der Waals surface area (Å²) in [5, 5.41) is 12.5. The molecule has 8 nitrogen and oxygen atoms in total. The zero-order valence-corrected chi connectivity index (χ0v) is 15.6. The smallest absolute Gasteiger partial charge is 0.262 e. The Kier molecular flexibility index (Phi) is 4.31. The zero-order chi connectivity index (χ0) is 19.8. The van der Waals surface area contributed by atoms with E-state index in [0.29, 0.717) is 35.6 Å². The van der Waals surface area contributed by atoms with Crippen molar-refractivity contribution < 1.29 is 4.79 Å². The summed E-state index contributed by atoms with van der Waals surface area (Å²) in [6, 6.07) is 12.8. The molecule has 4 rings (SSSR count). The van der Waals surface area contributed by atoms with Crippen LogP contribution in [0.25, 0.3) is 16.7 Å². The monoisotopic (exact) mass is 376 g/mol. The van der Waals surface area contributed by atoms with Crippen molar-refractivity contribution in [1.82, 2.24) is 19.2 Å². The van der Waals surface area contributed by atoms with Gasteiger partial charge in [0.2, 0.25) is 11.7 Å². The third kappa shape index (κ3) is 2.70. The van der Waals surface area contributed by atoms with Gasteiger partial charge in [-0.1, -0.05) is 18.2 Å². The molecule has 4 aromatic rings. The summed E-state index contributed by atoms with van der Waals surface area (Å²) in [6.45, 7) is 4.62. The zero-order valence-electron chi connectivity index (χ0n) is 15.6. The highest BCUT2D eigenvalue weighted by atomic mass is 16.1. The third-order valence-corrected chi connectivity index (χ3v) is 4.93. The van der Waals surface area contributed by atoms with Crippen LogP contribution in [-0.4, -0.2) is 25.1 Å². The number of carbonyl (C=O) groups is 1. The molecule has 0 saturated heterocycles. The normalized spacial score (nSPS) is 11.2. The lowest BCUT2D eigenvalue weighted by molar-refractivity contribution is 0.1000. The second kappa shape index (κ2) is 6.80. The van der Waals surface area contributed by atoms with Crippen LogP contribution in [0.2, 0.25) is 0 Å². The average molecular weight is 376 g/mol. The Balaban J connectivity index is 1.81. The first-order chi connectivity index (χ1) is 13.5. The summed E-state index contributed by atoms with van der Waals surface area (Å²) in [5.41, 5.74) is 8.15. The number of hydrogen-bond donors (Lipinski definition) is 2. The van der Waals surface area contributed by atoms with Crippen molar-refractivity contribution in [1.29, 1.82) is 0 Å². The number of rotatable bonds is 5. The van der Waals surface area contributed by atoms with Gasteiger partial charge in [-0.05, 0) is 43.7 Å². The number of benzene rings is 2. The third-order valence-electron chi connectivity index (χ3n) is 4.93. The first kappa shape index (κ1) is 17.7. The van der Waals surface area contributed by atoms with Crippen molar-refractivity contribution >= 4 is 28.3 Å². The first-order valence-electron chi connectivity index (χ1n) is 9.01. The number of hydrogen-bond acceptors (Lipinski definition) is 5. The molecule has 0 unspecified atom stereocenters. The molecule has 2 aromatic heterocycles. The highest BCUT2D eigenvalue weighted by Crippen LogP contribution is 2.20. The molecule has 1 amide bonds. The largest absolute Gasteiger partial charge is 0.377 e. The maximum absolute atomic E-state index is 12.7. The summed E-state index contributed by atoms with van der Waals surface area (Å²) < 4.78 is 3.50. The molecule has 0 fully saturated rings. The minimum Gasteiger partial charge on any atom is -0.377 e. The van der Waals surface area contributed by atoms with Crippen LogP contribution in [0.4, 0.5) is 5.69 Å². The second-order valence-electron chi connectivity index (χ2n) is 6.51. The standard InChI is InChI=1S/C20H20N6O2/c1-3-25-19(28)14-7-4-5-10-16(14)26-17(23-24-20(25)26)11-22-15-9-6-8-13(12(15)2)18(21)27/h4-10,22H,3,11H2,1-2H3,(H2,21,27). The number of carbonyl (C=O) groups excluding carboxylic acids is 1. The summed E-state index contributed by atoms with van der Waals surface area (Å²) in [6.07, 6.45) is 0. The lowest BCUT2D eigenvalue weighted by Crippen LogP contribution is -2.23. The SMILES string of the molecule is CCn1c(=O)c2ccccc2n2c(CNc3cccc(C(N)=O)c3C)nnc12. The van der Waals surface area contributed by atoms with Gasteiger partial charge in [-0.3, -0.25) is 18.6 Å². The molecule has 0 aliphatic carbocycles. The van der Waals surface area contributed by atoms with E-state index in [0.717, 1.165) is 16.8 Å². The summed E-state index contributed by atoms with van der Waals surface area (Å²) >= 11 is 0. The first-order valence-corrected chi connectivity index (χ1v) is 9.01. The van der Waals surface area contributed by atoms with Crippen LogP contribution in [0, 0.1) is 6.92 Å². The van der Waals surface area contributed by atoms with Crippen LogP contribution in [-0.2, 0) is 13.1 Å². The van der Waals surface area contributed by atoms with E-state index in [-0.39, 0.29) is 5.56 Å². The average Bonchev–Trinajstić information content (AvgIpc) is 3.11. The molecule has 3 N–H and O–H groups in total. The number of para-hydroxylation sites is 1. The van der Waals surface area contributed by atoms with E-state index in [9.17, 15) is 9.59 Å². The van der Waals surface area contributed by atoms with Gasteiger partial charge < -0.3 is 11.1 Å². The second-order valence-corrected chi connectivity index (χ2v) is 6.51. The topological polar surface area (TPSA) is 107 Å². The van der Waals surface area contributed by atoms with E-state index >= 15 is 0 Å². The number of nitrogens with one attached hydrogen (secondary N) is 1. The predicted octanol–water partition coefficient (Wildman–Crippen LogP) is 2.08. The van der Waals surface area contributed by atoms with Crippen LogP contribution in [0.3, 0.4) is 0 Å². The van der Waals surface area contributed by atoms with Crippen molar-refractivity contribution in [2.75, 3.05) is 5.32 Å². The quantitative estimate of drug-likeness (QED) is 0.554. The number of nitrogens with zero attached hydrogens (tertiary/aromatic N) is 4. The number of aryl methyl sites for hydroxylation is 1. The van der Waals surface area contributed by atoms with Crippen molar-refractivity contribution in [2.24, 2.45) is 5.73 Å². The molecular weight excluding hydrogens is 356 g/mol. The Morgan fingerprint density at radius 3 is 2.68 bits per heavy atom. The number of amides is 1. The lowest BCUT2D eigenvalue weighted by Gasteiger charge is -2.12. The van der Waals surface area contributed by atoms with Crippen molar-refractivity contribution in [3.05, 3.63) is 69.8 Å². The Morgan fingerprint density at radius 1 is 1.14 bits per heavy atom. The highest BCUT2D eigenvalue weighted by molar-refractivity contribution is 5.95. The molecule has 0 radical (unpaired) electrons. The van der Waals surface area contributed by atoms with Crippen LogP contribution < -0.4 is 16.6 Å². The van der Waals surface area contributed by atoms with E-state index in [1.807, 2.05) is 42.5 Å². The van der Waals surface area contributed by atoms with Crippen LogP contribution >= 0.6 is 0 Å². The van der Waals surface area contributed by atoms with E-state index in [2.05, 4.69) is 15.5 Å². The fourth-order valence-electron chi connectivity index (χ4n) is 3.48. The summed E-state index contributed by atoms with van der Waals surface area (Å²) in [7, 11) is 0. The Bertz CT molecular complexity index is 1270. The van der Waals surface area contributed by atoms with Gasteiger partial charge >= 0.3 is 0 Å². The van der Waals surface area contributed by atoms with E-state index in [4.69, 9.17) is 5.73 Å². The number of nitrogens with two attached hydrogens (primary N) is 1. The molecule has 0 spiro atoms. The molecule has 0 bridgehead atoms. The Hall–Kier alpha value is -3.68. The van der Waals surface area contributed by atoms with Crippen molar-refractivity contribution in [2.45, 2.75) is 26.9 Å². The fraction of sp³-hybridized carbons (Fsp3) is 0.200. The molecule has 2 aromatic carbocycles. The van der Waals surface area contributed by atoms with E-state index in [1.54, 1.807) is 22.8 Å². The highest BCUT2D eigenvalue weighted by Gasteiger charge is 2.16. The fourth-order valence-corrected chi connectivity index (χ4v) is 3.48. The van der Waals surface area contributed by atoms with Crippen LogP contribution in [0.15, 0.2) is 47.3 Å². The van der Waals surface area contributed by atoms with Gasteiger partial charge in [0.25, 0.3) is 5.56 Å². The molecule has 28 heavy (non-hydrogen) atoms. The molecule has 0 atom stereocenters. The molecule has 0 aliphatic heterocycles. The van der Waals surface area contributed by atoms with Crippen LogP contribution in [0.1, 0.15) is 28.7 Å². The maximum Gasteiger partial charge on any atom is 0.262 e. The van der Waals surface area contributed by atoms with Gasteiger partial charge in [-0.2, -0.15) is 0 Å². The van der Waals surface area contributed by atoms with E-state index < -0.39 is 5.91 Å². The molecule has 8 heteroatoms. The number of anilines is 1. The van der Waals surface area contributed by atoms with E-state index in [1.165, 1.54) is 0 Å². The Morgan fingerprint density at radius 2 is 1.93 bits per heavy atom. The van der Waals surface area contributed by atoms with Crippen LogP contribution in [0.5, 0.6) is 0 Å². The lowest BCUT2D eigenvalue weighted by atomic mass is 10.1. The number of aromatic nitrogens is 4. The minimum absolute atomic E-state index is 0.0810. The van der Waals surface area contributed by atoms with Gasteiger partial charge in [0.05, 0.1) is 17.4 Å². The predicted molar refractivity (Wildman–Crippen MR) is 107 cm³/mol. The van der Waals surface area contributed by atoms with Gasteiger partial charge in [-0.15, -0.1) is 10.2 Å². The summed E-state index contributed by atoms with van der Waals surface area (Å²) in [4.78, 5) is 24.3. The number of primary amides is 1. The molecule has 0 saturated carbocycles. The van der Waals surface area contributed by atoms with Crippen molar-refractivity contribution in [3.63, 3.8) is 0 Å². The molecule has 142 valence electrons. The van der Waals surface area contributed by atoms with Gasteiger partial charge in [-0.25, -0.2) is 0 Å². The van der Waals surface area contributed by atoms with Gasteiger partial charge in [0.1, 0.15) is 0 Å². The summed E-state index contributed by atoms with van der Waals surface area (Å²) in [5.74, 6) is 0.704. The van der Waals surface area contributed by atoms with Crippen molar-refractivity contribution in [3.8, 4) is 0 Å². The molecule has 2 heterocycles. The van der Waals surface area contributed by atoms with Gasteiger partial charge in [0.15, 0.2) is 5.82 Å². The molecule has 0 aliphatic rings.